The summed E-state index contributed by atoms with van der Waals surface area (Å²) < 4.78 is 0. The van der Waals surface area contributed by atoms with Crippen LogP contribution in [-0.4, -0.2) is 16.9 Å². The van der Waals surface area contributed by atoms with Crippen molar-refractivity contribution in [3.05, 3.63) is 29.3 Å². The van der Waals surface area contributed by atoms with Gasteiger partial charge in [-0.05, 0) is 36.5 Å². The van der Waals surface area contributed by atoms with Gasteiger partial charge >= 0.3 is 11.8 Å². The van der Waals surface area contributed by atoms with Crippen molar-refractivity contribution in [2.45, 2.75) is 0 Å². The number of carbonyl (C=O) groups is 2. The Morgan fingerprint density at radius 3 is 2.24 bits per heavy atom. The second-order valence-corrected chi connectivity index (χ2v) is 3.78. The first-order valence-corrected chi connectivity index (χ1v) is 5.20. The van der Waals surface area contributed by atoms with Gasteiger partial charge in [-0.2, -0.15) is 0 Å². The Labute approximate surface area is 107 Å². The van der Waals surface area contributed by atoms with Gasteiger partial charge in [-0.15, -0.1) is 0 Å². The number of hydrogen-bond acceptors (Lipinski definition) is 3. The first kappa shape index (κ1) is 13.2. The normalized spacial score (nSPS) is 9.24. The summed E-state index contributed by atoms with van der Waals surface area (Å²) in [6.45, 7) is 0. The fourth-order valence-electron chi connectivity index (χ4n) is 0.896. The van der Waals surface area contributed by atoms with Gasteiger partial charge in [0.2, 0.25) is 0 Å². The van der Waals surface area contributed by atoms with Crippen LogP contribution in [0, 0.1) is 0 Å². The van der Waals surface area contributed by atoms with E-state index in [-0.39, 0.29) is 5.11 Å². The summed E-state index contributed by atoms with van der Waals surface area (Å²) in [7, 11) is 0. The van der Waals surface area contributed by atoms with Gasteiger partial charge in [-0.3, -0.25) is 20.4 Å². The Bertz CT molecular complexity index is 449. The van der Waals surface area contributed by atoms with E-state index in [9.17, 15) is 9.59 Å². The Kier molecular flexibility index (Phi) is 4.68. The zero-order valence-corrected chi connectivity index (χ0v) is 10.1. The van der Waals surface area contributed by atoms with Crippen molar-refractivity contribution < 1.29 is 9.59 Å². The number of anilines is 1. The fourth-order valence-corrected chi connectivity index (χ4v) is 1.07. The van der Waals surface area contributed by atoms with Gasteiger partial charge in [0.15, 0.2) is 5.11 Å². The molecule has 0 aliphatic carbocycles. The fraction of sp³-hybridized carbons (Fsp3) is 0. The van der Waals surface area contributed by atoms with Crippen LogP contribution in [0.5, 0.6) is 0 Å². The predicted octanol–water partition coefficient (Wildman–Crippen LogP) is 0.143. The second-order valence-electron chi connectivity index (χ2n) is 2.90. The molecule has 0 aliphatic rings. The largest absolute Gasteiger partial charge is 0.375 e. The minimum Gasteiger partial charge on any atom is -0.375 e. The van der Waals surface area contributed by atoms with E-state index in [1.807, 2.05) is 5.43 Å². The van der Waals surface area contributed by atoms with Crippen molar-refractivity contribution in [2.24, 2.45) is 5.73 Å². The number of rotatable bonds is 1. The highest BCUT2D eigenvalue weighted by atomic mass is 35.5. The molecule has 0 bridgehead atoms. The third-order valence-electron chi connectivity index (χ3n) is 1.61. The number of amides is 2. The standard InChI is InChI=1S/C9H9ClN4O2S/c10-5-1-3-6(4-2-5)12-7(15)8(16)13-14-9(11)17/h1-4H,(H,12,15)(H,13,16)(H3,11,14,17). The number of halogens is 1. The lowest BCUT2D eigenvalue weighted by Crippen LogP contribution is -2.48. The predicted molar refractivity (Wildman–Crippen MR) is 68.1 cm³/mol. The smallest absolute Gasteiger partial charge is 0.328 e. The van der Waals surface area contributed by atoms with Crippen LogP contribution in [0.15, 0.2) is 24.3 Å². The maximum absolute atomic E-state index is 11.3. The number of hydrazine groups is 1. The van der Waals surface area contributed by atoms with Crippen molar-refractivity contribution >= 4 is 46.4 Å². The number of nitrogens with two attached hydrogens (primary N) is 1. The maximum Gasteiger partial charge on any atom is 0.328 e. The van der Waals surface area contributed by atoms with Gasteiger partial charge in [0.1, 0.15) is 0 Å². The highest BCUT2D eigenvalue weighted by Crippen LogP contribution is 2.12. The van der Waals surface area contributed by atoms with Gasteiger partial charge in [0.05, 0.1) is 0 Å². The summed E-state index contributed by atoms with van der Waals surface area (Å²) in [5.41, 5.74) is 9.69. The number of nitrogens with one attached hydrogen (secondary N) is 3. The minimum absolute atomic E-state index is 0.141. The minimum atomic E-state index is -0.909. The quantitative estimate of drug-likeness (QED) is 0.331. The number of hydrogen-bond donors (Lipinski definition) is 4. The van der Waals surface area contributed by atoms with E-state index in [4.69, 9.17) is 17.3 Å². The molecule has 5 N–H and O–H groups in total. The van der Waals surface area contributed by atoms with Crippen LogP contribution < -0.4 is 21.9 Å². The molecule has 0 heterocycles. The molecule has 1 aromatic carbocycles. The molecule has 1 aromatic rings. The van der Waals surface area contributed by atoms with Crippen LogP contribution in [0.2, 0.25) is 5.02 Å². The molecule has 0 saturated heterocycles. The highest BCUT2D eigenvalue weighted by molar-refractivity contribution is 7.80. The van der Waals surface area contributed by atoms with Crippen molar-refractivity contribution in [3.8, 4) is 0 Å². The van der Waals surface area contributed by atoms with Crippen molar-refractivity contribution in [2.75, 3.05) is 5.32 Å². The first-order chi connectivity index (χ1) is 7.99. The van der Waals surface area contributed by atoms with E-state index in [0.717, 1.165) is 0 Å². The summed E-state index contributed by atoms with van der Waals surface area (Å²) in [6.07, 6.45) is 0. The molecule has 0 unspecified atom stereocenters. The average molecular weight is 273 g/mol. The molecule has 6 nitrogen and oxygen atoms in total. The van der Waals surface area contributed by atoms with Crippen molar-refractivity contribution in [1.29, 1.82) is 0 Å². The summed E-state index contributed by atoms with van der Waals surface area (Å²) in [6, 6.07) is 6.30. The maximum atomic E-state index is 11.3. The molecule has 2 amide bonds. The van der Waals surface area contributed by atoms with Crippen LogP contribution in [0.25, 0.3) is 0 Å². The number of benzene rings is 1. The lowest BCUT2D eigenvalue weighted by molar-refractivity contribution is -0.136. The van der Waals surface area contributed by atoms with Crippen LogP contribution in [0.1, 0.15) is 0 Å². The monoisotopic (exact) mass is 272 g/mol. The molecule has 0 radical (unpaired) electrons. The molecule has 0 saturated carbocycles. The van der Waals surface area contributed by atoms with Gasteiger partial charge < -0.3 is 11.1 Å². The van der Waals surface area contributed by atoms with Crippen molar-refractivity contribution in [1.82, 2.24) is 10.9 Å². The lowest BCUT2D eigenvalue weighted by atomic mass is 10.3. The zero-order valence-electron chi connectivity index (χ0n) is 8.49. The van der Waals surface area contributed by atoms with Gasteiger partial charge in [0.25, 0.3) is 0 Å². The Morgan fingerprint density at radius 1 is 1.12 bits per heavy atom. The first-order valence-electron chi connectivity index (χ1n) is 4.41. The van der Waals surface area contributed by atoms with Crippen LogP contribution >= 0.6 is 23.8 Å². The Hall–Kier alpha value is -1.86. The molecule has 17 heavy (non-hydrogen) atoms. The SMILES string of the molecule is NC(=S)NNC(=O)C(=O)Nc1ccc(Cl)cc1. The van der Waals surface area contributed by atoms with E-state index in [2.05, 4.69) is 23.0 Å². The molecule has 0 fully saturated rings. The molecule has 0 aliphatic heterocycles. The number of carbonyl (C=O) groups excluding carboxylic acids is 2. The number of thiocarbonyl (C=S) groups is 1. The molecule has 1 rings (SSSR count). The topological polar surface area (TPSA) is 96.2 Å². The third kappa shape index (κ3) is 4.66. The van der Waals surface area contributed by atoms with E-state index in [1.54, 1.807) is 24.3 Å². The van der Waals surface area contributed by atoms with E-state index in [1.165, 1.54) is 0 Å². The van der Waals surface area contributed by atoms with Gasteiger partial charge in [-0.25, -0.2) is 0 Å². The third-order valence-corrected chi connectivity index (χ3v) is 1.96. The highest BCUT2D eigenvalue weighted by Gasteiger charge is 2.13. The van der Waals surface area contributed by atoms with E-state index >= 15 is 0 Å². The van der Waals surface area contributed by atoms with Crippen LogP contribution in [0.4, 0.5) is 5.69 Å². The zero-order chi connectivity index (χ0) is 12.8. The molecule has 0 aromatic heterocycles. The van der Waals surface area contributed by atoms with Gasteiger partial charge in [0, 0.05) is 10.7 Å². The summed E-state index contributed by atoms with van der Waals surface area (Å²) in [5, 5.41) is 2.75. The Morgan fingerprint density at radius 2 is 1.71 bits per heavy atom. The molecule has 0 atom stereocenters. The molecular weight excluding hydrogens is 264 g/mol. The summed E-state index contributed by atoms with van der Waals surface area (Å²) in [4.78, 5) is 22.5. The lowest BCUT2D eigenvalue weighted by Gasteiger charge is -2.07. The molecule has 90 valence electrons. The summed E-state index contributed by atoms with van der Waals surface area (Å²) >= 11 is 10.1. The summed E-state index contributed by atoms with van der Waals surface area (Å²) in [5.74, 6) is -1.76. The van der Waals surface area contributed by atoms with Crippen LogP contribution in [0.3, 0.4) is 0 Å². The van der Waals surface area contributed by atoms with Crippen molar-refractivity contribution in [3.63, 3.8) is 0 Å². The van der Waals surface area contributed by atoms with Gasteiger partial charge in [-0.1, -0.05) is 11.6 Å². The second kappa shape index (κ2) is 6.02. The van der Waals surface area contributed by atoms with E-state index in [0.29, 0.717) is 10.7 Å². The Balaban J connectivity index is 2.51. The van der Waals surface area contributed by atoms with E-state index < -0.39 is 11.8 Å². The average Bonchev–Trinajstić information content (AvgIpc) is 2.28. The molecular formula is C9H9ClN4O2S. The van der Waals surface area contributed by atoms with Crippen LogP contribution in [-0.2, 0) is 9.59 Å². The molecule has 8 heteroatoms. The molecule has 0 spiro atoms.